The minimum absolute atomic E-state index is 0.122. The Morgan fingerprint density at radius 2 is 2.06 bits per heavy atom. The van der Waals surface area contributed by atoms with Gasteiger partial charge in [0.15, 0.2) is 0 Å². The summed E-state index contributed by atoms with van der Waals surface area (Å²) in [7, 11) is 0. The molecule has 1 amide bonds. The summed E-state index contributed by atoms with van der Waals surface area (Å²) in [5, 5.41) is 2.29. The summed E-state index contributed by atoms with van der Waals surface area (Å²) < 4.78 is 38.1. The number of hydrogen-bond acceptors (Lipinski definition) is 2. The highest BCUT2D eigenvalue weighted by atomic mass is 19.4. The van der Waals surface area contributed by atoms with E-state index >= 15 is 0 Å². The van der Waals surface area contributed by atoms with E-state index in [0.717, 1.165) is 6.07 Å². The van der Waals surface area contributed by atoms with E-state index in [2.05, 4.69) is 5.32 Å². The zero-order valence-corrected chi connectivity index (χ0v) is 8.84. The molecule has 1 unspecified atom stereocenters. The van der Waals surface area contributed by atoms with Crippen LogP contribution in [0.5, 0.6) is 0 Å². The molecule has 92 valence electrons. The average Bonchev–Trinajstić information content (AvgIpc) is 2.54. The minimum atomic E-state index is -4.46. The van der Waals surface area contributed by atoms with Crippen LogP contribution in [0, 0.1) is 0 Å². The van der Waals surface area contributed by atoms with Crippen LogP contribution in [0.2, 0.25) is 0 Å². The third-order valence-electron chi connectivity index (χ3n) is 2.80. The van der Waals surface area contributed by atoms with Gasteiger partial charge in [-0.2, -0.15) is 13.2 Å². The Balaban J connectivity index is 2.49. The normalized spacial score (nSPS) is 19.1. The molecule has 3 nitrogen and oxygen atoms in total. The quantitative estimate of drug-likeness (QED) is 0.836. The minimum Gasteiger partial charge on any atom is -0.330 e. The van der Waals surface area contributed by atoms with Crippen molar-refractivity contribution in [1.29, 1.82) is 0 Å². The van der Waals surface area contributed by atoms with Crippen molar-refractivity contribution in [2.24, 2.45) is 5.73 Å². The largest absolute Gasteiger partial charge is 0.418 e. The maximum atomic E-state index is 12.7. The van der Waals surface area contributed by atoms with Crippen LogP contribution in [0.1, 0.15) is 23.5 Å². The Morgan fingerprint density at radius 1 is 1.35 bits per heavy atom. The number of anilines is 1. The highest BCUT2D eigenvalue weighted by Crippen LogP contribution is 2.43. The summed E-state index contributed by atoms with van der Waals surface area (Å²) in [5.41, 5.74) is 4.81. The van der Waals surface area contributed by atoms with Crippen molar-refractivity contribution in [3.63, 3.8) is 0 Å². The molecule has 1 aromatic rings. The predicted molar refractivity (Wildman–Crippen MR) is 56.5 cm³/mol. The molecule has 0 radical (unpaired) electrons. The molecule has 1 aromatic carbocycles. The summed E-state index contributed by atoms with van der Waals surface area (Å²) in [6.07, 6.45) is -4.11. The van der Waals surface area contributed by atoms with E-state index < -0.39 is 23.6 Å². The highest BCUT2D eigenvalue weighted by Gasteiger charge is 2.39. The van der Waals surface area contributed by atoms with E-state index in [1.807, 2.05) is 0 Å². The van der Waals surface area contributed by atoms with Gasteiger partial charge in [0.25, 0.3) is 0 Å². The van der Waals surface area contributed by atoms with Crippen LogP contribution < -0.4 is 11.1 Å². The molecule has 0 fully saturated rings. The second-order valence-electron chi connectivity index (χ2n) is 3.89. The van der Waals surface area contributed by atoms with Crippen LogP contribution in [0.25, 0.3) is 0 Å². The van der Waals surface area contributed by atoms with E-state index in [1.54, 1.807) is 0 Å². The maximum Gasteiger partial charge on any atom is 0.418 e. The number of nitrogens with two attached hydrogens (primary N) is 1. The van der Waals surface area contributed by atoms with Crippen molar-refractivity contribution in [1.82, 2.24) is 0 Å². The third kappa shape index (κ3) is 2.00. The van der Waals surface area contributed by atoms with Crippen LogP contribution in [0.4, 0.5) is 18.9 Å². The van der Waals surface area contributed by atoms with E-state index in [4.69, 9.17) is 5.73 Å². The van der Waals surface area contributed by atoms with Crippen molar-refractivity contribution in [3.05, 3.63) is 29.3 Å². The molecule has 1 atom stereocenters. The number of amides is 1. The predicted octanol–water partition coefficient (Wildman–Crippen LogP) is 2.09. The van der Waals surface area contributed by atoms with Crippen LogP contribution in [0.15, 0.2) is 18.2 Å². The first-order valence-corrected chi connectivity index (χ1v) is 5.16. The van der Waals surface area contributed by atoms with Gasteiger partial charge < -0.3 is 11.1 Å². The smallest absolute Gasteiger partial charge is 0.330 e. The fraction of sp³-hybridized carbons (Fsp3) is 0.364. The number of fused-ring (bicyclic) bond motifs is 1. The first-order chi connectivity index (χ1) is 7.95. The fourth-order valence-electron chi connectivity index (χ4n) is 2.04. The second kappa shape index (κ2) is 4.03. The summed E-state index contributed by atoms with van der Waals surface area (Å²) in [5.74, 6) is -0.987. The molecule has 2 rings (SSSR count). The Hall–Kier alpha value is -1.56. The number of rotatable bonds is 2. The van der Waals surface area contributed by atoms with Crippen molar-refractivity contribution >= 4 is 11.6 Å². The van der Waals surface area contributed by atoms with Gasteiger partial charge in [0.1, 0.15) is 0 Å². The number of benzene rings is 1. The molecule has 1 aliphatic heterocycles. The first-order valence-electron chi connectivity index (χ1n) is 5.16. The molecule has 3 N–H and O–H groups in total. The average molecular weight is 244 g/mol. The summed E-state index contributed by atoms with van der Waals surface area (Å²) in [6, 6.07) is 3.80. The van der Waals surface area contributed by atoms with E-state index in [1.165, 1.54) is 12.1 Å². The molecule has 1 heterocycles. The number of carbonyl (C=O) groups excluding carboxylic acids is 1. The topological polar surface area (TPSA) is 55.1 Å². The Morgan fingerprint density at radius 3 is 2.65 bits per heavy atom. The molecule has 0 spiro atoms. The van der Waals surface area contributed by atoms with Crippen molar-refractivity contribution in [3.8, 4) is 0 Å². The number of hydrogen-bond donors (Lipinski definition) is 2. The standard InChI is InChI=1S/C11H11F3N2O/c12-11(13,14)8-3-1-2-6-7(4-5-15)10(17)16-9(6)8/h1-3,7H,4-5,15H2,(H,16,17). The Kier molecular flexibility index (Phi) is 2.82. The molecule has 0 bridgehead atoms. The van der Waals surface area contributed by atoms with Gasteiger partial charge in [-0.15, -0.1) is 0 Å². The zero-order valence-electron chi connectivity index (χ0n) is 8.84. The molecule has 0 saturated heterocycles. The molecular formula is C11H11F3N2O. The second-order valence-corrected chi connectivity index (χ2v) is 3.89. The summed E-state index contributed by atoms with van der Waals surface area (Å²) in [4.78, 5) is 11.6. The van der Waals surface area contributed by atoms with Gasteiger partial charge in [-0.25, -0.2) is 0 Å². The monoisotopic (exact) mass is 244 g/mol. The van der Waals surface area contributed by atoms with Gasteiger partial charge in [0.05, 0.1) is 17.2 Å². The molecule has 0 aromatic heterocycles. The van der Waals surface area contributed by atoms with Gasteiger partial charge in [-0.3, -0.25) is 4.79 Å². The van der Waals surface area contributed by atoms with Gasteiger partial charge in [-0.05, 0) is 24.6 Å². The third-order valence-corrected chi connectivity index (χ3v) is 2.80. The lowest BCUT2D eigenvalue weighted by Crippen LogP contribution is -2.16. The highest BCUT2D eigenvalue weighted by molar-refractivity contribution is 6.03. The molecule has 6 heteroatoms. The van der Waals surface area contributed by atoms with Crippen molar-refractivity contribution in [2.75, 3.05) is 11.9 Å². The number of carbonyl (C=O) groups is 1. The van der Waals surface area contributed by atoms with Crippen molar-refractivity contribution < 1.29 is 18.0 Å². The van der Waals surface area contributed by atoms with E-state index in [0.29, 0.717) is 12.0 Å². The van der Waals surface area contributed by atoms with Gasteiger partial charge in [0.2, 0.25) is 5.91 Å². The van der Waals surface area contributed by atoms with Crippen LogP contribution in [0.3, 0.4) is 0 Å². The molecule has 0 aliphatic carbocycles. The summed E-state index contributed by atoms with van der Waals surface area (Å²) in [6.45, 7) is 0.258. The van der Waals surface area contributed by atoms with Crippen LogP contribution in [-0.2, 0) is 11.0 Å². The molecule has 1 aliphatic rings. The summed E-state index contributed by atoms with van der Waals surface area (Å²) >= 11 is 0. The molecule has 17 heavy (non-hydrogen) atoms. The van der Waals surface area contributed by atoms with Gasteiger partial charge in [0, 0.05) is 0 Å². The fourth-order valence-corrected chi connectivity index (χ4v) is 2.04. The van der Waals surface area contributed by atoms with Crippen molar-refractivity contribution in [2.45, 2.75) is 18.5 Å². The number of nitrogens with one attached hydrogen (secondary N) is 1. The first kappa shape index (κ1) is 11.9. The Labute approximate surface area is 95.8 Å². The Bertz CT molecular complexity index is 457. The number of alkyl halides is 3. The molecular weight excluding hydrogens is 233 g/mol. The van der Waals surface area contributed by atoms with Gasteiger partial charge >= 0.3 is 6.18 Å². The molecule has 0 saturated carbocycles. The van der Waals surface area contributed by atoms with E-state index in [-0.39, 0.29) is 12.2 Å². The lowest BCUT2D eigenvalue weighted by molar-refractivity contribution is -0.136. The van der Waals surface area contributed by atoms with E-state index in [9.17, 15) is 18.0 Å². The number of halogens is 3. The zero-order chi connectivity index (χ0) is 12.6. The lowest BCUT2D eigenvalue weighted by atomic mass is 9.95. The number of para-hydroxylation sites is 1. The van der Waals surface area contributed by atoms with Gasteiger partial charge in [-0.1, -0.05) is 12.1 Å². The van der Waals surface area contributed by atoms with Crippen LogP contribution >= 0.6 is 0 Å². The van der Waals surface area contributed by atoms with Crippen LogP contribution in [-0.4, -0.2) is 12.5 Å². The lowest BCUT2D eigenvalue weighted by Gasteiger charge is -2.11. The SMILES string of the molecule is NCCC1C(=O)Nc2c1cccc2C(F)(F)F. The maximum absolute atomic E-state index is 12.7.